The van der Waals surface area contributed by atoms with Crippen LogP contribution in [0.1, 0.15) is 40.1 Å². The fraction of sp³-hybridized carbons (Fsp3) is 0.238. The summed E-state index contributed by atoms with van der Waals surface area (Å²) in [6.07, 6.45) is -9.82. The molecule has 0 radical (unpaired) electrons. The minimum Gasteiger partial charge on any atom is -0.363 e. The minimum absolute atomic E-state index is 0.0641. The molecular formula is C21H14Cl2F6N4O. The van der Waals surface area contributed by atoms with Crippen LogP contribution in [0.2, 0.25) is 10.0 Å². The first-order chi connectivity index (χ1) is 15.8. The second-order valence-corrected chi connectivity index (χ2v) is 8.39. The van der Waals surface area contributed by atoms with E-state index in [0.717, 1.165) is 18.2 Å². The molecule has 4 rings (SSSR count). The fourth-order valence-electron chi connectivity index (χ4n) is 3.61. The second-order valence-electron chi connectivity index (χ2n) is 7.55. The first-order valence-electron chi connectivity index (χ1n) is 9.69. The van der Waals surface area contributed by atoms with Crippen LogP contribution in [0.25, 0.3) is 0 Å². The Morgan fingerprint density at radius 3 is 2.32 bits per heavy atom. The maximum absolute atomic E-state index is 13.8. The second kappa shape index (κ2) is 8.70. The highest BCUT2D eigenvalue weighted by atomic mass is 35.5. The van der Waals surface area contributed by atoms with Gasteiger partial charge >= 0.3 is 12.4 Å². The highest BCUT2D eigenvalue weighted by Gasteiger charge is 2.46. The zero-order chi connectivity index (χ0) is 24.8. The van der Waals surface area contributed by atoms with E-state index < -0.39 is 53.0 Å². The van der Waals surface area contributed by atoms with Gasteiger partial charge in [-0.25, -0.2) is 4.68 Å². The molecule has 2 N–H and O–H groups in total. The van der Waals surface area contributed by atoms with Gasteiger partial charge in [-0.05, 0) is 35.9 Å². The van der Waals surface area contributed by atoms with Crippen LogP contribution in [0.15, 0.2) is 48.5 Å². The van der Waals surface area contributed by atoms with Crippen molar-refractivity contribution in [3.63, 3.8) is 0 Å². The SMILES string of the molecule is O=C(Nc1ccc(Cl)c(C(F)(F)F)c1)c1cc2n(n1)[C@@H](C(F)(F)F)C[C@H](c1ccc(Cl)cc1)N2. The number of fused-ring (bicyclic) bond motifs is 1. The monoisotopic (exact) mass is 522 g/mol. The Bertz CT molecular complexity index is 1220. The van der Waals surface area contributed by atoms with Crippen LogP contribution in [0.3, 0.4) is 0 Å². The summed E-state index contributed by atoms with van der Waals surface area (Å²) in [6.45, 7) is 0. The lowest BCUT2D eigenvalue weighted by Crippen LogP contribution is -2.35. The maximum atomic E-state index is 13.8. The van der Waals surface area contributed by atoms with E-state index in [0.29, 0.717) is 21.3 Å². The standard InChI is InChI=1S/C21H14Cl2F6N4O/c22-11-3-1-10(2-4-11)15-8-17(21(27,28)29)33-18(31-15)9-16(32-33)19(34)30-12-5-6-14(23)13(7-12)20(24,25)26/h1-7,9,15,17,31H,8H2,(H,30,34)/t15-,17-/m1/s1. The van der Waals surface area contributed by atoms with Crippen LogP contribution < -0.4 is 10.6 Å². The van der Waals surface area contributed by atoms with Crippen LogP contribution in [0, 0.1) is 0 Å². The molecule has 0 unspecified atom stereocenters. The third-order valence-electron chi connectivity index (χ3n) is 5.22. The number of rotatable bonds is 3. The zero-order valence-corrected chi connectivity index (χ0v) is 18.3. The van der Waals surface area contributed by atoms with E-state index in [2.05, 4.69) is 15.7 Å². The van der Waals surface area contributed by atoms with Crippen molar-refractivity contribution in [2.24, 2.45) is 0 Å². The maximum Gasteiger partial charge on any atom is 0.417 e. The largest absolute Gasteiger partial charge is 0.417 e. The predicted octanol–water partition coefficient (Wildman–Crippen LogP) is 7.12. The van der Waals surface area contributed by atoms with Crippen molar-refractivity contribution in [1.82, 2.24) is 9.78 Å². The van der Waals surface area contributed by atoms with Crippen LogP contribution in [0.5, 0.6) is 0 Å². The number of carbonyl (C=O) groups is 1. The summed E-state index contributed by atoms with van der Waals surface area (Å²) in [5.74, 6) is -1.05. The van der Waals surface area contributed by atoms with Gasteiger partial charge in [-0.3, -0.25) is 4.79 Å². The van der Waals surface area contributed by atoms with Gasteiger partial charge in [0, 0.05) is 23.2 Å². The Morgan fingerprint density at radius 1 is 1.03 bits per heavy atom. The van der Waals surface area contributed by atoms with E-state index in [1.54, 1.807) is 24.3 Å². The number of carbonyl (C=O) groups excluding carboxylic acids is 1. The average molecular weight is 523 g/mol. The highest BCUT2D eigenvalue weighted by molar-refractivity contribution is 6.31. The number of aromatic nitrogens is 2. The lowest BCUT2D eigenvalue weighted by molar-refractivity contribution is -0.173. The van der Waals surface area contributed by atoms with Gasteiger partial charge in [-0.15, -0.1) is 0 Å². The van der Waals surface area contributed by atoms with Crippen molar-refractivity contribution in [2.75, 3.05) is 10.6 Å². The quantitative estimate of drug-likeness (QED) is 0.360. The fourth-order valence-corrected chi connectivity index (χ4v) is 3.96. The molecule has 34 heavy (non-hydrogen) atoms. The highest BCUT2D eigenvalue weighted by Crippen LogP contribution is 2.44. The lowest BCUT2D eigenvalue weighted by Gasteiger charge is -2.33. The van der Waals surface area contributed by atoms with Gasteiger partial charge in [-0.1, -0.05) is 35.3 Å². The number of hydrogen-bond acceptors (Lipinski definition) is 3. The molecule has 0 bridgehead atoms. The number of anilines is 2. The zero-order valence-electron chi connectivity index (χ0n) is 16.8. The topological polar surface area (TPSA) is 59.0 Å². The Morgan fingerprint density at radius 2 is 1.71 bits per heavy atom. The average Bonchev–Trinajstić information content (AvgIpc) is 3.17. The van der Waals surface area contributed by atoms with Gasteiger partial charge in [0.2, 0.25) is 0 Å². The van der Waals surface area contributed by atoms with Gasteiger partial charge in [0.05, 0.1) is 16.6 Å². The van der Waals surface area contributed by atoms with E-state index in [4.69, 9.17) is 23.2 Å². The Kier molecular flexibility index (Phi) is 6.19. The van der Waals surface area contributed by atoms with Crippen molar-refractivity contribution in [3.05, 3.63) is 75.4 Å². The van der Waals surface area contributed by atoms with Crippen molar-refractivity contribution in [2.45, 2.75) is 30.9 Å². The molecule has 0 aliphatic carbocycles. The minimum atomic E-state index is -4.76. The summed E-state index contributed by atoms with van der Waals surface area (Å²) < 4.78 is 81.2. The molecule has 1 aliphatic heterocycles. The van der Waals surface area contributed by atoms with E-state index in [1.807, 2.05) is 0 Å². The summed E-state index contributed by atoms with van der Waals surface area (Å²) in [7, 11) is 0. The molecule has 0 saturated carbocycles. The van der Waals surface area contributed by atoms with Crippen LogP contribution in [-0.2, 0) is 6.18 Å². The van der Waals surface area contributed by atoms with Gasteiger partial charge in [-0.2, -0.15) is 31.4 Å². The van der Waals surface area contributed by atoms with E-state index >= 15 is 0 Å². The third-order valence-corrected chi connectivity index (χ3v) is 5.81. The Labute approximate surface area is 198 Å². The van der Waals surface area contributed by atoms with Gasteiger partial charge < -0.3 is 10.6 Å². The molecule has 1 aliphatic rings. The Balaban J connectivity index is 1.63. The number of alkyl halides is 6. The molecule has 1 aromatic heterocycles. The number of amides is 1. The predicted molar refractivity (Wildman–Crippen MR) is 114 cm³/mol. The molecule has 2 atom stereocenters. The summed E-state index contributed by atoms with van der Waals surface area (Å²) in [6, 6.07) is 7.33. The van der Waals surface area contributed by atoms with E-state index in [9.17, 15) is 31.1 Å². The van der Waals surface area contributed by atoms with Crippen LogP contribution in [0.4, 0.5) is 37.8 Å². The van der Waals surface area contributed by atoms with Crippen LogP contribution in [-0.4, -0.2) is 21.9 Å². The molecule has 0 saturated heterocycles. The summed E-state index contributed by atoms with van der Waals surface area (Å²) in [4.78, 5) is 12.6. The molecule has 2 aromatic carbocycles. The van der Waals surface area contributed by atoms with E-state index in [-0.39, 0.29) is 11.5 Å². The molecule has 1 amide bonds. The van der Waals surface area contributed by atoms with Crippen molar-refractivity contribution in [1.29, 1.82) is 0 Å². The summed E-state index contributed by atoms with van der Waals surface area (Å²) in [5, 5.41) is 8.77. The van der Waals surface area contributed by atoms with Crippen molar-refractivity contribution >= 4 is 40.6 Å². The number of halogens is 8. The molecule has 2 heterocycles. The third kappa shape index (κ3) is 4.95. The number of nitrogens with one attached hydrogen (secondary N) is 2. The molecule has 13 heteroatoms. The molecule has 5 nitrogen and oxygen atoms in total. The Hall–Kier alpha value is -2.92. The van der Waals surface area contributed by atoms with Crippen molar-refractivity contribution in [3.8, 4) is 0 Å². The summed E-state index contributed by atoms with van der Waals surface area (Å²) in [5.41, 5.74) is -1.26. The molecule has 0 fully saturated rings. The first kappa shape index (κ1) is 24.2. The van der Waals surface area contributed by atoms with E-state index in [1.165, 1.54) is 0 Å². The molecule has 0 spiro atoms. The van der Waals surface area contributed by atoms with Crippen molar-refractivity contribution < 1.29 is 31.1 Å². The number of hydrogen-bond donors (Lipinski definition) is 2. The number of nitrogens with zero attached hydrogens (tertiary/aromatic N) is 2. The van der Waals surface area contributed by atoms with Gasteiger partial charge in [0.15, 0.2) is 11.7 Å². The molecule has 3 aromatic rings. The lowest BCUT2D eigenvalue weighted by atomic mass is 9.97. The smallest absolute Gasteiger partial charge is 0.363 e. The molecule has 180 valence electrons. The van der Waals surface area contributed by atoms with Gasteiger partial charge in [0.1, 0.15) is 5.82 Å². The first-order valence-corrected chi connectivity index (χ1v) is 10.4. The number of benzene rings is 2. The van der Waals surface area contributed by atoms with Crippen LogP contribution >= 0.6 is 23.2 Å². The van der Waals surface area contributed by atoms with Gasteiger partial charge in [0.25, 0.3) is 5.91 Å². The summed E-state index contributed by atoms with van der Waals surface area (Å²) >= 11 is 11.4. The normalized spacial score (nSPS) is 18.2. The molecular weight excluding hydrogens is 509 g/mol.